The quantitative estimate of drug-likeness (QED) is 0.813. The average molecular weight is 259 g/mol. The first-order valence-corrected chi connectivity index (χ1v) is 7.50. The van der Waals surface area contributed by atoms with Crippen molar-refractivity contribution < 1.29 is 0 Å². The molecule has 1 N–H and O–H groups in total. The fourth-order valence-corrected chi connectivity index (χ4v) is 3.06. The molecule has 2 heteroatoms. The van der Waals surface area contributed by atoms with Gasteiger partial charge in [-0.3, -0.25) is 0 Å². The molecule has 0 aliphatic carbocycles. The van der Waals surface area contributed by atoms with Crippen molar-refractivity contribution in [3.63, 3.8) is 0 Å². The second-order valence-corrected chi connectivity index (χ2v) is 5.62. The molecule has 96 valence electrons. The van der Waals surface area contributed by atoms with E-state index in [0.29, 0.717) is 6.04 Å². The molecule has 1 aromatic heterocycles. The maximum Gasteiger partial charge on any atom is 0.0326 e. The van der Waals surface area contributed by atoms with E-state index in [1.165, 1.54) is 22.4 Å². The maximum atomic E-state index is 3.61. The number of thiophene rings is 1. The molecule has 0 radical (unpaired) electrons. The molecule has 1 heterocycles. The highest BCUT2D eigenvalue weighted by molar-refractivity contribution is 7.09. The third-order valence-electron chi connectivity index (χ3n) is 3.27. The van der Waals surface area contributed by atoms with Crippen LogP contribution in [0.4, 0.5) is 0 Å². The van der Waals surface area contributed by atoms with Gasteiger partial charge in [0.2, 0.25) is 0 Å². The topological polar surface area (TPSA) is 12.0 Å². The van der Waals surface area contributed by atoms with Gasteiger partial charge in [-0.25, -0.2) is 0 Å². The molecule has 2 rings (SSSR count). The molecule has 0 spiro atoms. The molecular formula is C16H21NS. The molecule has 1 aromatic carbocycles. The van der Waals surface area contributed by atoms with E-state index >= 15 is 0 Å². The zero-order valence-corrected chi connectivity index (χ0v) is 12.0. The van der Waals surface area contributed by atoms with Gasteiger partial charge in [0.1, 0.15) is 0 Å². The highest BCUT2D eigenvalue weighted by atomic mass is 32.1. The lowest BCUT2D eigenvalue weighted by molar-refractivity contribution is 0.515. The van der Waals surface area contributed by atoms with Crippen LogP contribution in [0.5, 0.6) is 0 Å². The van der Waals surface area contributed by atoms with E-state index in [-0.39, 0.29) is 0 Å². The van der Waals surface area contributed by atoms with Crippen molar-refractivity contribution in [1.29, 1.82) is 0 Å². The normalized spacial score (nSPS) is 12.6. The number of nitrogens with one attached hydrogen (secondary N) is 1. The molecule has 0 bridgehead atoms. The Hall–Kier alpha value is -1.12. The second-order valence-electron chi connectivity index (χ2n) is 4.58. The zero-order valence-electron chi connectivity index (χ0n) is 11.1. The minimum atomic E-state index is 0.471. The largest absolute Gasteiger partial charge is 0.310 e. The van der Waals surface area contributed by atoms with Gasteiger partial charge in [-0.05, 0) is 48.9 Å². The van der Waals surface area contributed by atoms with E-state index in [1.807, 2.05) is 11.3 Å². The molecule has 1 unspecified atom stereocenters. The highest BCUT2D eigenvalue weighted by Gasteiger charge is 2.12. The average Bonchev–Trinajstić information content (AvgIpc) is 2.88. The Balaban J connectivity index is 2.06. The summed E-state index contributed by atoms with van der Waals surface area (Å²) in [5.41, 5.74) is 2.82. The number of hydrogen-bond donors (Lipinski definition) is 1. The molecule has 0 aliphatic heterocycles. The van der Waals surface area contributed by atoms with Crippen LogP contribution in [0, 0.1) is 6.92 Å². The Bertz CT molecular complexity index is 462. The molecule has 0 saturated carbocycles. The van der Waals surface area contributed by atoms with E-state index in [0.717, 1.165) is 13.0 Å². The minimum absolute atomic E-state index is 0.471. The Morgan fingerprint density at radius 3 is 2.67 bits per heavy atom. The van der Waals surface area contributed by atoms with Crippen LogP contribution in [0.25, 0.3) is 0 Å². The third-order valence-corrected chi connectivity index (χ3v) is 4.21. The molecule has 1 nitrogen and oxygen atoms in total. The van der Waals surface area contributed by atoms with Crippen molar-refractivity contribution in [2.45, 2.75) is 32.7 Å². The van der Waals surface area contributed by atoms with Crippen LogP contribution in [-0.2, 0) is 6.42 Å². The van der Waals surface area contributed by atoms with Crippen LogP contribution in [0.3, 0.4) is 0 Å². The minimum Gasteiger partial charge on any atom is -0.310 e. The van der Waals surface area contributed by atoms with Crippen LogP contribution < -0.4 is 5.32 Å². The molecule has 1 atom stereocenters. The summed E-state index contributed by atoms with van der Waals surface area (Å²) in [6, 6.07) is 13.5. The van der Waals surface area contributed by atoms with Gasteiger partial charge in [-0.15, -0.1) is 11.3 Å². The Labute approximate surface area is 114 Å². The first-order valence-electron chi connectivity index (χ1n) is 6.62. The zero-order chi connectivity index (χ0) is 12.8. The van der Waals surface area contributed by atoms with E-state index in [9.17, 15) is 0 Å². The van der Waals surface area contributed by atoms with Crippen molar-refractivity contribution in [3.8, 4) is 0 Å². The molecule has 0 amide bonds. The van der Waals surface area contributed by atoms with Gasteiger partial charge >= 0.3 is 0 Å². The van der Waals surface area contributed by atoms with Crippen LogP contribution in [0.15, 0.2) is 41.8 Å². The van der Waals surface area contributed by atoms with Gasteiger partial charge in [0.05, 0.1) is 0 Å². The smallest absolute Gasteiger partial charge is 0.0326 e. The molecule has 0 fully saturated rings. The van der Waals surface area contributed by atoms with Crippen LogP contribution in [0.1, 0.15) is 35.4 Å². The van der Waals surface area contributed by atoms with Gasteiger partial charge in [0.25, 0.3) is 0 Å². The van der Waals surface area contributed by atoms with E-state index < -0.39 is 0 Å². The number of hydrogen-bond acceptors (Lipinski definition) is 2. The second kappa shape index (κ2) is 6.72. The first kappa shape index (κ1) is 13.3. The predicted molar refractivity (Wildman–Crippen MR) is 80.2 cm³/mol. The lowest BCUT2D eigenvalue weighted by Crippen LogP contribution is -2.22. The Kier molecular flexibility index (Phi) is 4.97. The van der Waals surface area contributed by atoms with Crippen LogP contribution in [0.2, 0.25) is 0 Å². The molecule has 18 heavy (non-hydrogen) atoms. The monoisotopic (exact) mass is 259 g/mol. The number of aryl methyl sites for hydroxylation is 2. The number of rotatable bonds is 6. The summed E-state index contributed by atoms with van der Waals surface area (Å²) in [5, 5.41) is 5.76. The summed E-state index contributed by atoms with van der Waals surface area (Å²) in [4.78, 5) is 1.48. The Morgan fingerprint density at radius 2 is 2.00 bits per heavy atom. The summed E-state index contributed by atoms with van der Waals surface area (Å²) in [5.74, 6) is 0. The van der Waals surface area contributed by atoms with Crippen molar-refractivity contribution >= 4 is 11.3 Å². The third kappa shape index (κ3) is 3.44. The molecule has 0 saturated heterocycles. The van der Waals surface area contributed by atoms with Gasteiger partial charge in [-0.1, -0.05) is 37.3 Å². The van der Waals surface area contributed by atoms with Crippen molar-refractivity contribution in [2.75, 3.05) is 6.54 Å². The first-order chi connectivity index (χ1) is 8.81. The van der Waals surface area contributed by atoms with Crippen molar-refractivity contribution in [3.05, 3.63) is 57.8 Å². The standard InChI is InChI=1S/C16H21NS/c1-3-17-16(11-10-14-8-6-12-18-14)15-9-5-4-7-13(15)2/h4-9,12,16-17H,3,10-11H2,1-2H3. The van der Waals surface area contributed by atoms with Gasteiger partial charge < -0.3 is 5.32 Å². The summed E-state index contributed by atoms with van der Waals surface area (Å²) in [7, 11) is 0. The summed E-state index contributed by atoms with van der Waals surface area (Å²) >= 11 is 1.85. The molecular weight excluding hydrogens is 238 g/mol. The lowest BCUT2D eigenvalue weighted by Gasteiger charge is -2.20. The van der Waals surface area contributed by atoms with Crippen LogP contribution >= 0.6 is 11.3 Å². The molecule has 2 aromatic rings. The van der Waals surface area contributed by atoms with Gasteiger partial charge in [-0.2, -0.15) is 0 Å². The fourth-order valence-electron chi connectivity index (χ4n) is 2.33. The summed E-state index contributed by atoms with van der Waals surface area (Å²) in [6.07, 6.45) is 2.32. The van der Waals surface area contributed by atoms with E-state index in [1.54, 1.807) is 0 Å². The molecule has 0 aliphatic rings. The van der Waals surface area contributed by atoms with Crippen molar-refractivity contribution in [1.82, 2.24) is 5.32 Å². The highest BCUT2D eigenvalue weighted by Crippen LogP contribution is 2.23. The number of benzene rings is 1. The fraction of sp³-hybridized carbons (Fsp3) is 0.375. The van der Waals surface area contributed by atoms with E-state index in [2.05, 4.69) is 60.9 Å². The van der Waals surface area contributed by atoms with Gasteiger partial charge in [0, 0.05) is 10.9 Å². The van der Waals surface area contributed by atoms with Crippen LogP contribution in [-0.4, -0.2) is 6.54 Å². The predicted octanol–water partition coefficient (Wildman–Crippen LogP) is 4.34. The Morgan fingerprint density at radius 1 is 1.17 bits per heavy atom. The summed E-state index contributed by atoms with van der Waals surface area (Å²) < 4.78 is 0. The summed E-state index contributed by atoms with van der Waals surface area (Å²) in [6.45, 7) is 5.39. The maximum absolute atomic E-state index is 3.61. The lowest BCUT2D eigenvalue weighted by atomic mass is 9.97. The van der Waals surface area contributed by atoms with Gasteiger partial charge in [0.15, 0.2) is 0 Å². The SMILES string of the molecule is CCNC(CCc1cccs1)c1ccccc1C. The van der Waals surface area contributed by atoms with E-state index in [4.69, 9.17) is 0 Å². The van der Waals surface area contributed by atoms with Crippen molar-refractivity contribution in [2.24, 2.45) is 0 Å².